The van der Waals surface area contributed by atoms with E-state index >= 15 is 0 Å². The number of hydrogen-bond acceptors (Lipinski definition) is 6. The van der Waals surface area contributed by atoms with E-state index in [9.17, 15) is 0 Å². The summed E-state index contributed by atoms with van der Waals surface area (Å²) in [5.74, 6) is 1.01. The Morgan fingerprint density at radius 3 is 2.89 bits per heavy atom. The molecule has 2 N–H and O–H groups in total. The second-order valence-corrected chi connectivity index (χ2v) is 4.45. The molecular formula is C11H14ClN3O3. The molecule has 2 rings (SSSR count). The molecule has 98 valence electrons. The van der Waals surface area contributed by atoms with Crippen LogP contribution in [0.3, 0.4) is 0 Å². The normalized spacial score (nSPS) is 14.7. The van der Waals surface area contributed by atoms with Crippen LogP contribution in [0.1, 0.15) is 19.7 Å². The third-order valence-corrected chi connectivity index (χ3v) is 2.53. The van der Waals surface area contributed by atoms with E-state index < -0.39 is 5.54 Å². The summed E-state index contributed by atoms with van der Waals surface area (Å²) in [6.07, 6.45) is 0. The summed E-state index contributed by atoms with van der Waals surface area (Å²) in [6, 6.07) is 3.25. The van der Waals surface area contributed by atoms with E-state index in [4.69, 9.17) is 31.0 Å². The highest BCUT2D eigenvalue weighted by Gasteiger charge is 2.28. The van der Waals surface area contributed by atoms with Gasteiger partial charge in [0.2, 0.25) is 0 Å². The van der Waals surface area contributed by atoms with Crippen molar-refractivity contribution in [1.82, 2.24) is 10.1 Å². The smallest absolute Gasteiger partial charge is 0.293 e. The van der Waals surface area contributed by atoms with Gasteiger partial charge in [0.25, 0.3) is 5.89 Å². The standard InChI is InChI=1S/C11H14ClN3O3/c1-3-16-6-11(2,13)10-14-9(18-15-10)7-4-5-8(12)17-7/h4-5H,3,6,13H2,1-2H3. The number of aromatic nitrogens is 2. The minimum atomic E-state index is -0.811. The molecular weight excluding hydrogens is 258 g/mol. The van der Waals surface area contributed by atoms with Crippen LogP contribution < -0.4 is 5.73 Å². The highest BCUT2D eigenvalue weighted by atomic mass is 35.5. The second kappa shape index (κ2) is 5.09. The lowest BCUT2D eigenvalue weighted by Gasteiger charge is -2.19. The van der Waals surface area contributed by atoms with Crippen LogP contribution in [0.5, 0.6) is 0 Å². The Bertz CT molecular complexity index is 521. The molecule has 0 aromatic carbocycles. The van der Waals surface area contributed by atoms with Crippen LogP contribution in [0.25, 0.3) is 11.7 Å². The summed E-state index contributed by atoms with van der Waals surface area (Å²) >= 11 is 5.67. The Hall–Kier alpha value is -1.37. The van der Waals surface area contributed by atoms with Gasteiger partial charge in [-0.3, -0.25) is 0 Å². The van der Waals surface area contributed by atoms with Crippen LogP contribution in [0.2, 0.25) is 5.22 Å². The molecule has 7 heteroatoms. The van der Waals surface area contributed by atoms with Gasteiger partial charge in [-0.1, -0.05) is 5.16 Å². The van der Waals surface area contributed by atoms with Crippen LogP contribution in [-0.2, 0) is 10.3 Å². The zero-order valence-electron chi connectivity index (χ0n) is 10.1. The van der Waals surface area contributed by atoms with Gasteiger partial charge in [-0.15, -0.1) is 0 Å². The van der Waals surface area contributed by atoms with Crippen molar-refractivity contribution in [3.8, 4) is 11.7 Å². The minimum absolute atomic E-state index is 0.241. The van der Waals surface area contributed by atoms with Crippen LogP contribution in [0.15, 0.2) is 21.1 Å². The lowest BCUT2D eigenvalue weighted by atomic mass is 10.1. The first kappa shape index (κ1) is 13.1. The van der Waals surface area contributed by atoms with Gasteiger partial charge in [0.15, 0.2) is 16.8 Å². The van der Waals surface area contributed by atoms with Crippen molar-refractivity contribution < 1.29 is 13.7 Å². The molecule has 1 atom stereocenters. The third kappa shape index (κ3) is 2.72. The maximum Gasteiger partial charge on any atom is 0.293 e. The molecule has 2 aromatic heterocycles. The van der Waals surface area contributed by atoms with Gasteiger partial charge in [-0.25, -0.2) is 0 Å². The number of rotatable bonds is 5. The number of hydrogen-bond donors (Lipinski definition) is 1. The maximum atomic E-state index is 6.05. The van der Waals surface area contributed by atoms with Crippen LogP contribution >= 0.6 is 11.6 Å². The Labute approximate surface area is 109 Å². The summed E-state index contributed by atoms with van der Waals surface area (Å²) in [7, 11) is 0. The summed E-state index contributed by atoms with van der Waals surface area (Å²) in [5.41, 5.74) is 5.24. The molecule has 0 bridgehead atoms. The summed E-state index contributed by atoms with van der Waals surface area (Å²) < 4.78 is 15.5. The zero-order valence-corrected chi connectivity index (χ0v) is 10.9. The second-order valence-electron chi connectivity index (χ2n) is 4.08. The summed E-state index contributed by atoms with van der Waals surface area (Å²) in [5, 5.41) is 4.09. The van der Waals surface area contributed by atoms with Crippen molar-refractivity contribution >= 4 is 11.6 Å². The molecule has 6 nitrogen and oxygen atoms in total. The number of nitrogens with zero attached hydrogens (tertiary/aromatic N) is 2. The lowest BCUT2D eigenvalue weighted by Crippen LogP contribution is -2.39. The number of furan rings is 1. The fourth-order valence-corrected chi connectivity index (χ4v) is 1.51. The van der Waals surface area contributed by atoms with E-state index in [0.29, 0.717) is 24.8 Å². The van der Waals surface area contributed by atoms with E-state index in [1.54, 1.807) is 19.1 Å². The first-order chi connectivity index (χ1) is 8.53. The first-order valence-electron chi connectivity index (χ1n) is 5.49. The average Bonchev–Trinajstić information content (AvgIpc) is 2.94. The summed E-state index contributed by atoms with van der Waals surface area (Å²) in [4.78, 5) is 4.18. The van der Waals surface area contributed by atoms with Crippen LogP contribution in [0, 0.1) is 0 Å². The van der Waals surface area contributed by atoms with E-state index in [1.165, 1.54) is 0 Å². The fourth-order valence-electron chi connectivity index (χ4n) is 1.36. The van der Waals surface area contributed by atoms with E-state index in [-0.39, 0.29) is 11.1 Å². The zero-order chi connectivity index (χ0) is 13.2. The molecule has 0 saturated carbocycles. The van der Waals surface area contributed by atoms with Crippen molar-refractivity contribution in [2.75, 3.05) is 13.2 Å². The highest BCUT2D eigenvalue weighted by Crippen LogP contribution is 2.25. The molecule has 0 spiro atoms. The molecule has 1 unspecified atom stereocenters. The predicted octanol–water partition coefficient (Wildman–Crippen LogP) is 2.19. The molecule has 18 heavy (non-hydrogen) atoms. The SMILES string of the molecule is CCOCC(C)(N)c1noc(-c2ccc(Cl)o2)n1. The lowest BCUT2D eigenvalue weighted by molar-refractivity contribution is 0.0962. The molecule has 0 aliphatic rings. The van der Waals surface area contributed by atoms with E-state index in [1.807, 2.05) is 6.92 Å². The maximum absolute atomic E-state index is 6.05. The van der Waals surface area contributed by atoms with Crippen LogP contribution in [0.4, 0.5) is 0 Å². The molecule has 0 saturated heterocycles. The Balaban J connectivity index is 2.19. The Morgan fingerprint density at radius 1 is 1.50 bits per heavy atom. The molecule has 0 aliphatic carbocycles. The van der Waals surface area contributed by atoms with Crippen molar-refractivity contribution in [1.29, 1.82) is 0 Å². The van der Waals surface area contributed by atoms with Crippen molar-refractivity contribution in [3.63, 3.8) is 0 Å². The minimum Gasteiger partial charge on any atom is -0.440 e. The highest BCUT2D eigenvalue weighted by molar-refractivity contribution is 6.28. The van der Waals surface area contributed by atoms with Crippen molar-refractivity contribution in [3.05, 3.63) is 23.2 Å². The van der Waals surface area contributed by atoms with Crippen molar-refractivity contribution in [2.24, 2.45) is 5.73 Å². The van der Waals surface area contributed by atoms with Crippen LogP contribution in [-0.4, -0.2) is 23.4 Å². The fraction of sp³-hybridized carbons (Fsp3) is 0.455. The summed E-state index contributed by atoms with van der Waals surface area (Å²) in [6.45, 7) is 4.54. The molecule has 2 aromatic rings. The van der Waals surface area contributed by atoms with Gasteiger partial charge in [0.05, 0.1) is 6.61 Å². The molecule has 0 fully saturated rings. The molecule has 0 radical (unpaired) electrons. The van der Waals surface area contributed by atoms with Gasteiger partial charge in [0, 0.05) is 6.61 Å². The molecule has 2 heterocycles. The van der Waals surface area contributed by atoms with E-state index in [2.05, 4.69) is 10.1 Å². The largest absolute Gasteiger partial charge is 0.440 e. The monoisotopic (exact) mass is 271 g/mol. The number of ether oxygens (including phenoxy) is 1. The number of halogens is 1. The Morgan fingerprint density at radius 2 is 2.28 bits per heavy atom. The van der Waals surface area contributed by atoms with E-state index in [0.717, 1.165) is 0 Å². The molecule has 0 aliphatic heterocycles. The van der Waals surface area contributed by atoms with Gasteiger partial charge >= 0.3 is 0 Å². The van der Waals surface area contributed by atoms with Gasteiger partial charge in [-0.05, 0) is 37.6 Å². The average molecular weight is 272 g/mol. The quantitative estimate of drug-likeness (QED) is 0.897. The third-order valence-electron chi connectivity index (χ3n) is 2.33. The van der Waals surface area contributed by atoms with Gasteiger partial charge in [0.1, 0.15) is 5.54 Å². The molecule has 0 amide bonds. The topological polar surface area (TPSA) is 87.3 Å². The first-order valence-corrected chi connectivity index (χ1v) is 5.87. The van der Waals surface area contributed by atoms with Gasteiger partial charge in [-0.2, -0.15) is 4.98 Å². The van der Waals surface area contributed by atoms with Crippen molar-refractivity contribution in [2.45, 2.75) is 19.4 Å². The van der Waals surface area contributed by atoms with Gasteiger partial charge < -0.3 is 19.4 Å². The predicted molar refractivity (Wildman–Crippen MR) is 65.0 cm³/mol. The number of nitrogens with two attached hydrogens (primary N) is 1. The Kier molecular flexibility index (Phi) is 3.70.